The van der Waals surface area contributed by atoms with E-state index in [1.165, 1.54) is 28.7 Å². The Morgan fingerprint density at radius 1 is 1.03 bits per heavy atom. The van der Waals surface area contributed by atoms with E-state index in [1.54, 1.807) is 12.5 Å². The second-order valence-electron chi connectivity index (χ2n) is 9.53. The summed E-state index contributed by atoms with van der Waals surface area (Å²) in [6, 6.07) is 13.2. The first-order valence-electron chi connectivity index (χ1n) is 12.9. The van der Waals surface area contributed by atoms with Crippen LogP contribution in [0.3, 0.4) is 0 Å². The summed E-state index contributed by atoms with van der Waals surface area (Å²) in [7, 11) is 2.04. The van der Waals surface area contributed by atoms with Gasteiger partial charge >= 0.3 is 0 Å². The largest absolute Gasteiger partial charge is 0.342 e. The fourth-order valence-corrected chi connectivity index (χ4v) is 5.15. The van der Waals surface area contributed by atoms with Crippen molar-refractivity contribution >= 4 is 11.7 Å². The van der Waals surface area contributed by atoms with Crippen LogP contribution in [-0.2, 0) is 12.8 Å². The van der Waals surface area contributed by atoms with E-state index in [1.807, 2.05) is 25.4 Å². The lowest BCUT2D eigenvalue weighted by Crippen LogP contribution is -2.47. The Morgan fingerprint density at radius 3 is 2.61 bits per heavy atom. The summed E-state index contributed by atoms with van der Waals surface area (Å²) in [6.07, 6.45) is 11.6. The number of piperidine rings is 1. The molecular formula is C30H34N6. The van der Waals surface area contributed by atoms with Crippen LogP contribution in [0.15, 0.2) is 78.5 Å². The van der Waals surface area contributed by atoms with Gasteiger partial charge in [0.15, 0.2) is 0 Å². The van der Waals surface area contributed by atoms with Crippen LogP contribution in [0.2, 0.25) is 0 Å². The summed E-state index contributed by atoms with van der Waals surface area (Å²) in [4.78, 5) is 22.6. The van der Waals surface area contributed by atoms with E-state index in [9.17, 15) is 0 Å². The van der Waals surface area contributed by atoms with Gasteiger partial charge in [0.2, 0.25) is 5.96 Å². The van der Waals surface area contributed by atoms with Gasteiger partial charge in [-0.25, -0.2) is 15.0 Å². The highest BCUT2D eigenvalue weighted by molar-refractivity contribution is 5.90. The van der Waals surface area contributed by atoms with Crippen LogP contribution >= 0.6 is 0 Å². The smallest absolute Gasteiger partial charge is 0.206 e. The van der Waals surface area contributed by atoms with Gasteiger partial charge in [-0.3, -0.25) is 4.98 Å². The molecule has 6 nitrogen and oxygen atoms in total. The monoisotopic (exact) mass is 478 g/mol. The van der Waals surface area contributed by atoms with Crippen LogP contribution < -0.4 is 0 Å². The number of likely N-dealkylation sites (N-methyl/N-ethyl adjacent to an activating group) is 1. The van der Waals surface area contributed by atoms with Crippen molar-refractivity contribution in [1.82, 2.24) is 24.8 Å². The molecule has 1 fully saturated rings. The molecule has 0 radical (unpaired) electrons. The molecule has 184 valence electrons. The summed E-state index contributed by atoms with van der Waals surface area (Å²) in [5.41, 5.74) is 8.97. The summed E-state index contributed by atoms with van der Waals surface area (Å²) in [5, 5.41) is 0. The van der Waals surface area contributed by atoms with Gasteiger partial charge in [-0.15, -0.1) is 0 Å². The number of guanidine groups is 1. The van der Waals surface area contributed by atoms with Crippen molar-refractivity contribution in [3.63, 3.8) is 0 Å². The fraction of sp³-hybridized carbons (Fsp3) is 0.333. The van der Waals surface area contributed by atoms with Crippen LogP contribution in [0.4, 0.5) is 0 Å². The normalized spacial score (nSPS) is 18.2. The van der Waals surface area contributed by atoms with E-state index in [0.29, 0.717) is 5.92 Å². The second-order valence-corrected chi connectivity index (χ2v) is 9.53. The van der Waals surface area contributed by atoms with Gasteiger partial charge in [0.05, 0.1) is 11.4 Å². The predicted octanol–water partition coefficient (Wildman–Crippen LogP) is 5.70. The van der Waals surface area contributed by atoms with Crippen LogP contribution in [0, 0.1) is 0 Å². The predicted molar refractivity (Wildman–Crippen MR) is 146 cm³/mol. The van der Waals surface area contributed by atoms with Gasteiger partial charge in [0, 0.05) is 55.4 Å². The molecule has 36 heavy (non-hydrogen) atoms. The van der Waals surface area contributed by atoms with Gasteiger partial charge in [-0.2, -0.15) is 0 Å². The number of aryl methyl sites for hydroxylation is 2. The molecule has 0 bridgehead atoms. The zero-order chi connectivity index (χ0) is 25.1. The zero-order valence-electron chi connectivity index (χ0n) is 21.5. The minimum atomic E-state index is 0.439. The third-order valence-corrected chi connectivity index (χ3v) is 7.29. The Morgan fingerprint density at radius 2 is 1.89 bits per heavy atom. The van der Waals surface area contributed by atoms with Gasteiger partial charge in [0.1, 0.15) is 6.33 Å². The molecule has 2 aliphatic rings. The molecule has 6 heteroatoms. The van der Waals surface area contributed by atoms with Crippen molar-refractivity contribution < 1.29 is 0 Å². The van der Waals surface area contributed by atoms with Gasteiger partial charge in [0.25, 0.3) is 0 Å². The maximum absolute atomic E-state index is 5.03. The van der Waals surface area contributed by atoms with Crippen molar-refractivity contribution in [3.05, 3.63) is 96.0 Å². The Balaban J connectivity index is 1.44. The first-order chi connectivity index (χ1) is 17.6. The molecule has 1 unspecified atom stereocenters. The zero-order valence-corrected chi connectivity index (χ0v) is 21.5. The number of likely N-dealkylation sites (tertiary alicyclic amines) is 1. The number of rotatable bonds is 5. The highest BCUT2D eigenvalue weighted by Crippen LogP contribution is 2.34. The molecule has 1 aromatic carbocycles. The quantitative estimate of drug-likeness (QED) is 0.471. The molecule has 0 amide bonds. The van der Waals surface area contributed by atoms with Crippen LogP contribution in [0.5, 0.6) is 0 Å². The van der Waals surface area contributed by atoms with E-state index in [0.717, 1.165) is 61.1 Å². The average Bonchev–Trinajstić information content (AvgIpc) is 2.94. The van der Waals surface area contributed by atoms with E-state index < -0.39 is 0 Å². The Hall–Kier alpha value is -3.80. The van der Waals surface area contributed by atoms with Crippen LogP contribution in [0.25, 0.3) is 16.8 Å². The van der Waals surface area contributed by atoms with Crippen molar-refractivity contribution in [1.29, 1.82) is 0 Å². The molecule has 0 N–H and O–H groups in total. The Kier molecular flexibility index (Phi) is 6.94. The lowest BCUT2D eigenvalue weighted by molar-refractivity contribution is 0.283. The molecule has 5 rings (SSSR count). The number of hydrogen-bond donors (Lipinski definition) is 0. The number of aromatic nitrogens is 3. The Labute approximate surface area is 214 Å². The van der Waals surface area contributed by atoms with Crippen molar-refractivity contribution in [2.45, 2.75) is 45.4 Å². The van der Waals surface area contributed by atoms with Crippen LogP contribution in [-0.4, -0.2) is 50.8 Å². The molecule has 2 aromatic heterocycles. The molecule has 0 saturated carbocycles. The fourth-order valence-electron chi connectivity index (χ4n) is 5.15. The van der Waals surface area contributed by atoms with E-state index in [4.69, 9.17) is 4.99 Å². The molecule has 0 spiro atoms. The van der Waals surface area contributed by atoms with E-state index >= 15 is 0 Å². The third-order valence-electron chi connectivity index (χ3n) is 7.29. The van der Waals surface area contributed by atoms with Gasteiger partial charge < -0.3 is 9.80 Å². The summed E-state index contributed by atoms with van der Waals surface area (Å²) in [6.45, 7) is 10.6. The van der Waals surface area contributed by atoms with Gasteiger partial charge in [-0.1, -0.05) is 44.7 Å². The summed E-state index contributed by atoms with van der Waals surface area (Å²) < 4.78 is 0. The molecule has 4 heterocycles. The first kappa shape index (κ1) is 23.9. The molecule has 1 atom stereocenters. The van der Waals surface area contributed by atoms with E-state index in [2.05, 4.69) is 75.5 Å². The summed E-state index contributed by atoms with van der Waals surface area (Å²) >= 11 is 0. The number of allylic oxidation sites excluding steroid dienone is 1. The van der Waals surface area contributed by atoms with E-state index in [-0.39, 0.29) is 0 Å². The number of hydrogen-bond acceptors (Lipinski definition) is 6. The van der Waals surface area contributed by atoms with Crippen molar-refractivity contribution in [2.75, 3.05) is 20.1 Å². The minimum Gasteiger partial charge on any atom is -0.342 e. The maximum atomic E-state index is 5.03. The average molecular weight is 479 g/mol. The molecule has 2 aliphatic heterocycles. The highest BCUT2D eigenvalue weighted by atomic mass is 15.4. The highest BCUT2D eigenvalue weighted by Gasteiger charge is 2.29. The lowest BCUT2D eigenvalue weighted by Gasteiger charge is -2.40. The van der Waals surface area contributed by atoms with Crippen molar-refractivity contribution in [3.8, 4) is 11.1 Å². The molecule has 1 saturated heterocycles. The summed E-state index contributed by atoms with van der Waals surface area (Å²) in [5.74, 6) is 1.38. The third kappa shape index (κ3) is 4.81. The van der Waals surface area contributed by atoms with Crippen LogP contribution in [0.1, 0.15) is 55.1 Å². The van der Waals surface area contributed by atoms with Crippen molar-refractivity contribution in [2.24, 2.45) is 4.99 Å². The number of pyridine rings is 1. The standard InChI is InChI=1S/C30H34N6/c1-5-22-9-10-23(24-11-12-26(6-2)32-18-24)17-27(22)25-8-7-15-36(19-25)30-34-29(16-21(3)35(30)4)28-13-14-31-20-33-28/h9-14,16-18,20,25H,3,5-8,15,19H2,1-2,4H3. The minimum absolute atomic E-state index is 0.439. The maximum Gasteiger partial charge on any atom is 0.206 e. The molecule has 0 aliphatic carbocycles. The first-order valence-corrected chi connectivity index (χ1v) is 12.9. The molecular weight excluding hydrogens is 444 g/mol. The number of nitrogens with zero attached hydrogens (tertiary/aromatic N) is 6. The Bertz CT molecular complexity index is 1290. The number of aliphatic imine (C=N–C) groups is 1. The topological polar surface area (TPSA) is 57.5 Å². The second kappa shape index (κ2) is 10.4. The lowest BCUT2D eigenvalue weighted by atomic mass is 9.85. The van der Waals surface area contributed by atoms with Gasteiger partial charge in [-0.05, 0) is 60.6 Å². The number of benzene rings is 1. The molecule has 3 aromatic rings. The SMILES string of the molecule is C=C1C=C(c2ccncn2)N=C(N2CCCC(c3cc(-c4ccc(CC)nc4)ccc3CC)C2)N1C.